The van der Waals surface area contributed by atoms with E-state index in [0.29, 0.717) is 45.4 Å². The van der Waals surface area contributed by atoms with Crippen molar-refractivity contribution in [2.75, 3.05) is 39.4 Å². The molecule has 2 saturated heterocycles. The smallest absolute Gasteiger partial charge is 0.409 e. The van der Waals surface area contributed by atoms with Crippen LogP contribution in [0.5, 0.6) is 0 Å². The van der Waals surface area contributed by atoms with Gasteiger partial charge in [0, 0.05) is 44.6 Å². The highest BCUT2D eigenvalue weighted by atomic mass is 32.2. The fourth-order valence-corrected chi connectivity index (χ4v) is 5.36. The van der Waals surface area contributed by atoms with Crippen LogP contribution in [-0.4, -0.2) is 86.0 Å². The summed E-state index contributed by atoms with van der Waals surface area (Å²) in [7, 11) is -3.64. The lowest BCUT2D eigenvalue weighted by molar-refractivity contribution is -0.154. The van der Waals surface area contributed by atoms with E-state index >= 15 is 0 Å². The summed E-state index contributed by atoms with van der Waals surface area (Å²) < 4.78 is 36.8. The van der Waals surface area contributed by atoms with Crippen LogP contribution >= 0.6 is 0 Å². The summed E-state index contributed by atoms with van der Waals surface area (Å²) in [6, 6.07) is 2.95. The van der Waals surface area contributed by atoms with E-state index in [1.54, 1.807) is 17.9 Å². The Labute approximate surface area is 193 Å². The minimum absolute atomic E-state index is 0.0946. The third-order valence-corrected chi connectivity index (χ3v) is 7.67. The van der Waals surface area contributed by atoms with Crippen molar-refractivity contribution in [3.8, 4) is 0 Å². The van der Waals surface area contributed by atoms with Crippen molar-refractivity contribution in [3.63, 3.8) is 0 Å². The Morgan fingerprint density at radius 1 is 1.09 bits per heavy atom. The molecule has 0 aliphatic carbocycles. The first-order chi connectivity index (χ1) is 15.8. The van der Waals surface area contributed by atoms with Crippen molar-refractivity contribution < 1.29 is 32.3 Å². The van der Waals surface area contributed by atoms with Gasteiger partial charge >= 0.3 is 12.1 Å². The zero-order valence-electron chi connectivity index (χ0n) is 18.6. The molecule has 0 radical (unpaired) electrons. The predicted octanol–water partition coefficient (Wildman–Crippen LogP) is 0.763. The topological polar surface area (TPSA) is 135 Å². The molecule has 1 aromatic rings. The van der Waals surface area contributed by atoms with Crippen LogP contribution in [0.1, 0.15) is 32.6 Å². The number of aromatic nitrogens is 1. The summed E-state index contributed by atoms with van der Waals surface area (Å²) in [6.45, 7) is 3.06. The summed E-state index contributed by atoms with van der Waals surface area (Å²) in [5.41, 5.74) is 0. The second-order valence-electron chi connectivity index (χ2n) is 8.00. The summed E-state index contributed by atoms with van der Waals surface area (Å²) in [6.07, 6.45) is 4.30. The quantitative estimate of drug-likeness (QED) is 0.563. The molecule has 182 valence electrons. The molecule has 11 nitrogen and oxygen atoms in total. The maximum Gasteiger partial charge on any atom is 0.409 e. The lowest BCUT2D eigenvalue weighted by Crippen LogP contribution is -2.47. The normalized spacial score (nSPS) is 18.5. The van der Waals surface area contributed by atoms with Gasteiger partial charge in [0.05, 0.1) is 12.5 Å². The highest BCUT2D eigenvalue weighted by Crippen LogP contribution is 2.24. The van der Waals surface area contributed by atoms with Crippen LogP contribution in [0.4, 0.5) is 4.79 Å². The number of pyridine rings is 1. The Morgan fingerprint density at radius 2 is 1.79 bits per heavy atom. The molecule has 0 atom stereocenters. The molecular formula is C21H30N4O7S. The molecule has 2 aliphatic rings. The molecule has 0 bridgehead atoms. The van der Waals surface area contributed by atoms with Crippen molar-refractivity contribution in [2.45, 2.75) is 43.5 Å². The Morgan fingerprint density at radius 3 is 2.39 bits per heavy atom. The molecule has 3 rings (SSSR count). The summed E-state index contributed by atoms with van der Waals surface area (Å²) in [5.74, 6) is -1.35. The lowest BCUT2D eigenvalue weighted by Gasteiger charge is -2.31. The molecule has 0 aromatic carbocycles. The number of rotatable bonds is 7. The average molecular weight is 483 g/mol. The fourth-order valence-electron chi connectivity index (χ4n) is 3.93. The van der Waals surface area contributed by atoms with Crippen LogP contribution in [0.15, 0.2) is 29.4 Å². The van der Waals surface area contributed by atoms with Crippen LogP contribution in [0.25, 0.3) is 0 Å². The molecule has 2 fully saturated rings. The Kier molecular flexibility index (Phi) is 8.61. The van der Waals surface area contributed by atoms with Crippen molar-refractivity contribution in [2.24, 2.45) is 5.92 Å². The third kappa shape index (κ3) is 6.64. The molecule has 12 heteroatoms. The first-order valence-corrected chi connectivity index (χ1v) is 12.5. The number of ether oxygens (including phenoxy) is 2. The zero-order chi connectivity index (χ0) is 23.8. The Hall–Kier alpha value is -2.73. The lowest BCUT2D eigenvalue weighted by atomic mass is 9.98. The number of nitrogens with zero attached hydrogens (tertiary/aromatic N) is 3. The number of sulfonamides is 1. The summed E-state index contributed by atoms with van der Waals surface area (Å²) in [5, 5.41) is 2.83. The second-order valence-corrected chi connectivity index (χ2v) is 9.94. The maximum atomic E-state index is 12.6. The molecule has 0 spiro atoms. The Bertz CT molecular complexity index is 925. The molecule has 1 N–H and O–H groups in total. The van der Waals surface area contributed by atoms with E-state index in [1.165, 1.54) is 22.8 Å². The summed E-state index contributed by atoms with van der Waals surface area (Å²) in [4.78, 5) is 41.8. The van der Waals surface area contributed by atoms with Gasteiger partial charge in [0.1, 0.15) is 4.90 Å². The number of amides is 2. The number of esters is 1. The molecule has 0 saturated carbocycles. The molecule has 33 heavy (non-hydrogen) atoms. The standard InChI is InChI=1S/C21H30N4O7S/c1-2-31-21(28)24-10-7-17(8-11-24)23-19(26)15-32-20(27)16-5-12-25(13-6-16)33(29,30)18-4-3-9-22-14-18/h3-4,9,14,16-17H,2,5-8,10-13,15H2,1H3,(H,23,26). The van der Waals surface area contributed by atoms with Crippen LogP contribution in [-0.2, 0) is 29.1 Å². The van der Waals surface area contributed by atoms with Gasteiger partial charge in [-0.2, -0.15) is 4.31 Å². The second kappa shape index (κ2) is 11.4. The number of hydrogen-bond donors (Lipinski definition) is 1. The van der Waals surface area contributed by atoms with Gasteiger partial charge in [0.15, 0.2) is 6.61 Å². The predicted molar refractivity (Wildman–Crippen MR) is 116 cm³/mol. The minimum Gasteiger partial charge on any atom is -0.455 e. The van der Waals surface area contributed by atoms with E-state index < -0.39 is 27.8 Å². The molecule has 2 amide bonds. The van der Waals surface area contributed by atoms with Crippen LogP contribution < -0.4 is 5.32 Å². The van der Waals surface area contributed by atoms with Gasteiger partial charge in [-0.25, -0.2) is 13.2 Å². The fraction of sp³-hybridized carbons (Fsp3) is 0.619. The monoisotopic (exact) mass is 482 g/mol. The van der Waals surface area contributed by atoms with E-state index in [2.05, 4.69) is 10.3 Å². The highest BCUT2D eigenvalue weighted by Gasteiger charge is 2.33. The van der Waals surface area contributed by atoms with Gasteiger partial charge in [0.25, 0.3) is 5.91 Å². The van der Waals surface area contributed by atoms with Gasteiger partial charge in [-0.1, -0.05) is 0 Å². The number of likely N-dealkylation sites (tertiary alicyclic amines) is 1. The third-order valence-electron chi connectivity index (χ3n) is 5.79. The van der Waals surface area contributed by atoms with Crippen LogP contribution in [0, 0.1) is 5.92 Å². The van der Waals surface area contributed by atoms with Crippen molar-refractivity contribution >= 4 is 28.0 Å². The molecule has 1 aromatic heterocycles. The largest absolute Gasteiger partial charge is 0.455 e. The average Bonchev–Trinajstić information content (AvgIpc) is 2.84. The van der Waals surface area contributed by atoms with E-state index in [1.807, 2.05) is 0 Å². The molecule has 2 aliphatic heterocycles. The minimum atomic E-state index is -3.64. The van der Waals surface area contributed by atoms with Crippen LogP contribution in [0.3, 0.4) is 0 Å². The molecule has 0 unspecified atom stereocenters. The number of carbonyl (C=O) groups excluding carboxylic acids is 3. The molecular weight excluding hydrogens is 452 g/mol. The van der Waals surface area contributed by atoms with Gasteiger partial charge < -0.3 is 19.7 Å². The van der Waals surface area contributed by atoms with E-state index in [-0.39, 0.29) is 36.7 Å². The van der Waals surface area contributed by atoms with Gasteiger partial charge in [-0.05, 0) is 44.7 Å². The number of hydrogen-bond acceptors (Lipinski definition) is 8. The number of piperidine rings is 2. The first-order valence-electron chi connectivity index (χ1n) is 11.1. The summed E-state index contributed by atoms with van der Waals surface area (Å²) >= 11 is 0. The van der Waals surface area contributed by atoms with E-state index in [4.69, 9.17) is 9.47 Å². The number of carbonyl (C=O) groups is 3. The van der Waals surface area contributed by atoms with Crippen LogP contribution in [0.2, 0.25) is 0 Å². The zero-order valence-corrected chi connectivity index (χ0v) is 19.5. The number of nitrogens with one attached hydrogen (secondary N) is 1. The van der Waals surface area contributed by atoms with E-state index in [0.717, 1.165) is 0 Å². The first kappa shape index (κ1) is 24.9. The van der Waals surface area contributed by atoms with Gasteiger partial charge in [-0.3, -0.25) is 14.6 Å². The maximum absolute atomic E-state index is 12.6. The highest BCUT2D eigenvalue weighted by molar-refractivity contribution is 7.89. The van der Waals surface area contributed by atoms with Crippen molar-refractivity contribution in [3.05, 3.63) is 24.5 Å². The SMILES string of the molecule is CCOC(=O)N1CCC(NC(=O)COC(=O)C2CCN(S(=O)(=O)c3cccnc3)CC2)CC1. The van der Waals surface area contributed by atoms with E-state index in [9.17, 15) is 22.8 Å². The van der Waals surface area contributed by atoms with Crippen molar-refractivity contribution in [1.29, 1.82) is 0 Å². The van der Waals surface area contributed by atoms with Gasteiger partial charge in [-0.15, -0.1) is 0 Å². The van der Waals surface area contributed by atoms with Gasteiger partial charge in [0.2, 0.25) is 10.0 Å². The Balaban J connectivity index is 1.37. The van der Waals surface area contributed by atoms with Crippen molar-refractivity contribution in [1.82, 2.24) is 19.5 Å². The molecule has 3 heterocycles.